The molecule has 0 aliphatic carbocycles. The number of hydrogen-bond acceptors (Lipinski definition) is 5. The molecule has 3 heterocycles. The van der Waals surface area contributed by atoms with Crippen LogP contribution >= 0.6 is 11.6 Å². The Labute approximate surface area is 190 Å². The number of benzene rings is 1. The minimum absolute atomic E-state index is 0.577. The van der Waals surface area contributed by atoms with E-state index in [0.29, 0.717) is 5.92 Å². The number of piperidine rings is 1. The Balaban J connectivity index is 1.44. The summed E-state index contributed by atoms with van der Waals surface area (Å²) < 4.78 is 0. The van der Waals surface area contributed by atoms with Crippen molar-refractivity contribution < 1.29 is 0 Å². The molecule has 5 nitrogen and oxygen atoms in total. The molecule has 2 aromatic rings. The Morgan fingerprint density at radius 2 is 1.97 bits per heavy atom. The molecule has 0 unspecified atom stereocenters. The van der Waals surface area contributed by atoms with Crippen molar-refractivity contribution in [1.82, 2.24) is 14.9 Å². The van der Waals surface area contributed by atoms with Crippen LogP contribution in [0, 0.1) is 5.92 Å². The highest BCUT2D eigenvalue weighted by Crippen LogP contribution is 2.41. The average molecular weight is 436 g/mol. The van der Waals surface area contributed by atoms with E-state index in [2.05, 4.69) is 50.7 Å². The van der Waals surface area contributed by atoms with Gasteiger partial charge in [-0.25, -0.2) is 0 Å². The molecule has 0 amide bonds. The van der Waals surface area contributed by atoms with Crippen LogP contribution in [0.3, 0.4) is 0 Å². The molecule has 0 radical (unpaired) electrons. The summed E-state index contributed by atoms with van der Waals surface area (Å²) in [7, 11) is 3.85. The van der Waals surface area contributed by atoms with Crippen LogP contribution < -0.4 is 4.90 Å². The van der Waals surface area contributed by atoms with E-state index in [9.17, 15) is 0 Å². The van der Waals surface area contributed by atoms with E-state index < -0.39 is 0 Å². The van der Waals surface area contributed by atoms with Gasteiger partial charge in [0.15, 0.2) is 0 Å². The third kappa shape index (κ3) is 5.17. The summed E-state index contributed by atoms with van der Waals surface area (Å²) in [4.78, 5) is 9.21. The van der Waals surface area contributed by atoms with Crippen LogP contribution in [0.1, 0.15) is 18.4 Å². The van der Waals surface area contributed by atoms with Crippen LogP contribution in [-0.2, 0) is 0 Å². The van der Waals surface area contributed by atoms with Gasteiger partial charge in [0.2, 0.25) is 0 Å². The van der Waals surface area contributed by atoms with Gasteiger partial charge in [0.05, 0.1) is 18.1 Å². The van der Waals surface area contributed by atoms with Crippen molar-refractivity contribution in [3.8, 4) is 0 Å². The smallest absolute Gasteiger partial charge is 0.0676 e. The zero-order valence-electron chi connectivity index (χ0n) is 18.3. The predicted molar refractivity (Wildman–Crippen MR) is 131 cm³/mol. The summed E-state index contributed by atoms with van der Waals surface area (Å²) >= 11 is 6.09. The maximum absolute atomic E-state index is 6.09. The summed E-state index contributed by atoms with van der Waals surface area (Å²) in [5.74, 6) is 0.577. The van der Waals surface area contributed by atoms with Crippen LogP contribution in [0.25, 0.3) is 5.57 Å². The number of pyridine rings is 1. The number of aromatic nitrogens is 1. The van der Waals surface area contributed by atoms with Gasteiger partial charge in [-0.2, -0.15) is 5.10 Å². The van der Waals surface area contributed by atoms with Crippen LogP contribution in [0.4, 0.5) is 11.4 Å². The molecule has 0 spiro atoms. The first-order valence-electron chi connectivity index (χ1n) is 10.8. The van der Waals surface area contributed by atoms with Crippen molar-refractivity contribution in [2.75, 3.05) is 45.2 Å². The molecule has 2 aliphatic rings. The molecule has 0 N–H and O–H groups in total. The number of anilines is 2. The Bertz CT molecular complexity index is 972. The number of allylic oxidation sites excluding steroid dienone is 1. The van der Waals surface area contributed by atoms with E-state index in [-0.39, 0.29) is 0 Å². The van der Waals surface area contributed by atoms with Gasteiger partial charge in [-0.1, -0.05) is 24.3 Å². The van der Waals surface area contributed by atoms with E-state index in [0.717, 1.165) is 55.3 Å². The molecule has 1 fully saturated rings. The fourth-order valence-electron chi connectivity index (χ4n) is 4.42. The first kappa shape index (κ1) is 21.6. The van der Waals surface area contributed by atoms with E-state index in [1.165, 1.54) is 16.8 Å². The highest BCUT2D eigenvalue weighted by molar-refractivity contribution is 6.30. The largest absolute Gasteiger partial charge is 0.336 e. The van der Waals surface area contributed by atoms with Crippen molar-refractivity contribution in [2.24, 2.45) is 11.0 Å². The van der Waals surface area contributed by atoms with Gasteiger partial charge >= 0.3 is 0 Å². The number of rotatable bonds is 6. The quantitative estimate of drug-likeness (QED) is 0.467. The summed E-state index contributed by atoms with van der Waals surface area (Å²) in [5, 5.41) is 6.85. The van der Waals surface area contributed by atoms with Crippen molar-refractivity contribution in [3.63, 3.8) is 0 Å². The van der Waals surface area contributed by atoms with Crippen molar-refractivity contribution in [2.45, 2.75) is 12.8 Å². The Hall–Kier alpha value is -2.63. The zero-order chi connectivity index (χ0) is 21.8. The first-order chi connectivity index (χ1) is 15.0. The predicted octanol–water partition coefficient (Wildman–Crippen LogP) is 5.09. The van der Waals surface area contributed by atoms with E-state index >= 15 is 0 Å². The van der Waals surface area contributed by atoms with Gasteiger partial charge < -0.3 is 9.91 Å². The number of hydrogen-bond donors (Lipinski definition) is 0. The van der Waals surface area contributed by atoms with Crippen LogP contribution in [0.5, 0.6) is 0 Å². The lowest BCUT2D eigenvalue weighted by molar-refractivity contribution is 0.224. The van der Waals surface area contributed by atoms with Crippen LogP contribution in [0.2, 0.25) is 5.02 Å². The standard InChI is InChI=1S/C25H30ClN5/c1-19(16-28-29(2)3)18-30-13-9-20(10-14-30)23-11-15-31(22-6-4-21(26)5-7-22)25-17-27-12-8-24(23)25/h4-8,11-12,16-17,20H,1,9-10,13-15,18H2,2-3H3/b28-16-. The lowest BCUT2D eigenvalue weighted by Crippen LogP contribution is -2.36. The van der Waals surface area contributed by atoms with Gasteiger partial charge in [-0.15, -0.1) is 0 Å². The monoisotopic (exact) mass is 435 g/mol. The molecule has 1 saturated heterocycles. The van der Waals surface area contributed by atoms with Gasteiger partial charge in [-0.05, 0) is 73.3 Å². The molecule has 31 heavy (non-hydrogen) atoms. The highest BCUT2D eigenvalue weighted by atomic mass is 35.5. The second-order valence-corrected chi connectivity index (χ2v) is 8.88. The van der Waals surface area contributed by atoms with Crippen LogP contribution in [-0.4, -0.2) is 61.4 Å². The second kappa shape index (κ2) is 9.67. The minimum Gasteiger partial charge on any atom is -0.336 e. The zero-order valence-corrected chi connectivity index (χ0v) is 19.1. The summed E-state index contributed by atoms with van der Waals surface area (Å²) in [5.41, 5.74) is 6.14. The molecule has 0 bridgehead atoms. The fourth-order valence-corrected chi connectivity index (χ4v) is 4.55. The molecule has 162 valence electrons. The number of likely N-dealkylation sites (tertiary alicyclic amines) is 1. The second-order valence-electron chi connectivity index (χ2n) is 8.44. The number of hydrazone groups is 1. The number of halogens is 1. The average Bonchev–Trinajstić information content (AvgIpc) is 2.78. The molecule has 1 aromatic heterocycles. The molecule has 1 aromatic carbocycles. The first-order valence-corrected chi connectivity index (χ1v) is 11.2. The summed E-state index contributed by atoms with van der Waals surface area (Å²) in [6, 6.07) is 10.2. The minimum atomic E-state index is 0.577. The Kier molecular flexibility index (Phi) is 6.73. The van der Waals surface area contributed by atoms with Gasteiger partial charge in [0.1, 0.15) is 0 Å². The lowest BCUT2D eigenvalue weighted by atomic mass is 9.83. The maximum atomic E-state index is 6.09. The molecule has 6 heteroatoms. The van der Waals surface area contributed by atoms with Crippen molar-refractivity contribution in [3.05, 3.63) is 71.5 Å². The third-order valence-corrected chi connectivity index (χ3v) is 6.21. The number of nitrogens with zero attached hydrogens (tertiary/aromatic N) is 5. The molecular formula is C25H30ClN5. The third-order valence-electron chi connectivity index (χ3n) is 5.96. The van der Waals surface area contributed by atoms with E-state index in [4.69, 9.17) is 11.6 Å². The van der Waals surface area contributed by atoms with Gasteiger partial charge in [-0.3, -0.25) is 9.88 Å². The molecule has 4 rings (SSSR count). The molecule has 2 aliphatic heterocycles. The van der Waals surface area contributed by atoms with Crippen molar-refractivity contribution >= 4 is 34.8 Å². The molecule has 0 saturated carbocycles. The normalized spacial score (nSPS) is 17.5. The van der Waals surface area contributed by atoms with E-state index in [1.807, 2.05) is 44.8 Å². The summed E-state index contributed by atoms with van der Waals surface area (Å²) in [6.45, 7) is 8.05. The van der Waals surface area contributed by atoms with Crippen molar-refractivity contribution in [1.29, 1.82) is 0 Å². The lowest BCUT2D eigenvalue weighted by Gasteiger charge is -2.37. The molecule has 0 atom stereocenters. The maximum Gasteiger partial charge on any atom is 0.0676 e. The number of fused-ring (bicyclic) bond motifs is 1. The summed E-state index contributed by atoms with van der Waals surface area (Å²) in [6.07, 6.45) is 10.5. The molecular weight excluding hydrogens is 406 g/mol. The fraction of sp³-hybridized carbons (Fsp3) is 0.360. The van der Waals surface area contributed by atoms with Gasteiger partial charge in [0.25, 0.3) is 0 Å². The highest BCUT2D eigenvalue weighted by Gasteiger charge is 2.28. The topological polar surface area (TPSA) is 35.0 Å². The van der Waals surface area contributed by atoms with Gasteiger partial charge in [0, 0.05) is 49.7 Å². The Morgan fingerprint density at radius 3 is 2.68 bits per heavy atom. The van der Waals surface area contributed by atoms with E-state index in [1.54, 1.807) is 5.01 Å². The SMILES string of the molecule is C=C(/C=N\N(C)C)CN1CCC(C2=CCN(c3ccc(Cl)cc3)c3cnccc32)CC1. The van der Waals surface area contributed by atoms with Crippen LogP contribution in [0.15, 0.2) is 66.1 Å². The Morgan fingerprint density at radius 1 is 1.23 bits per heavy atom.